The number of aromatic nitrogens is 2. The molecule has 27 heavy (non-hydrogen) atoms. The van der Waals surface area contributed by atoms with Gasteiger partial charge in [0.2, 0.25) is 0 Å². The highest BCUT2D eigenvalue weighted by Crippen LogP contribution is 2.25. The summed E-state index contributed by atoms with van der Waals surface area (Å²) in [5.41, 5.74) is 1.84. The first-order valence-electron chi connectivity index (χ1n) is 8.23. The summed E-state index contributed by atoms with van der Waals surface area (Å²) in [7, 11) is 0. The lowest BCUT2D eigenvalue weighted by Crippen LogP contribution is -2.27. The van der Waals surface area contributed by atoms with Crippen molar-refractivity contribution in [2.45, 2.75) is 46.8 Å². The van der Waals surface area contributed by atoms with Gasteiger partial charge in [-0.15, -0.1) is 0 Å². The van der Waals surface area contributed by atoms with Crippen LogP contribution in [0.2, 0.25) is 0 Å². The molecule has 0 atom stereocenters. The van der Waals surface area contributed by atoms with Crippen molar-refractivity contribution >= 4 is 17.7 Å². The molecule has 0 aliphatic carbocycles. The second-order valence-electron chi connectivity index (χ2n) is 6.30. The molecule has 9 heteroatoms. The minimum atomic E-state index is -4.27. The van der Waals surface area contributed by atoms with E-state index in [2.05, 4.69) is 10.4 Å². The van der Waals surface area contributed by atoms with Gasteiger partial charge in [0.25, 0.3) is 5.91 Å². The topological polar surface area (TPSA) is 94.6 Å². The Hall–Kier alpha value is -2.89. The summed E-state index contributed by atoms with van der Waals surface area (Å²) in [6.07, 6.45) is -1.51. The van der Waals surface area contributed by atoms with Crippen molar-refractivity contribution in [3.63, 3.8) is 0 Å². The molecule has 0 aliphatic rings. The van der Waals surface area contributed by atoms with E-state index in [1.807, 2.05) is 19.9 Å². The minimum Gasteiger partial charge on any atom is -0.325 e. The first kappa shape index (κ1) is 22.2. The fourth-order valence-electron chi connectivity index (χ4n) is 2.47. The van der Waals surface area contributed by atoms with Crippen LogP contribution in [0.25, 0.3) is 5.57 Å². The predicted octanol–water partition coefficient (Wildman–Crippen LogP) is 3.83. The monoisotopic (exact) mass is 381 g/mol. The highest BCUT2D eigenvalue weighted by molar-refractivity contribution is 6.02. The van der Waals surface area contributed by atoms with Gasteiger partial charge in [-0.2, -0.15) is 23.5 Å². The van der Waals surface area contributed by atoms with Crippen molar-refractivity contribution in [3.8, 4) is 6.07 Å². The lowest BCUT2D eigenvalue weighted by atomic mass is 9.94. The quantitative estimate of drug-likeness (QED) is 0.427. The lowest BCUT2D eigenvalue weighted by molar-refractivity contribution is -0.137. The maximum Gasteiger partial charge on any atom is 0.390 e. The summed E-state index contributed by atoms with van der Waals surface area (Å²) in [6.45, 7) is 6.54. The number of carbonyl (C=O) groups is 1. The molecule has 0 saturated carbocycles. The molecule has 0 aromatic carbocycles. The second kappa shape index (κ2) is 9.16. The molecule has 1 heterocycles. The summed E-state index contributed by atoms with van der Waals surface area (Å²) in [6, 6.07) is 1.82. The Morgan fingerprint density at radius 3 is 2.56 bits per heavy atom. The number of nitriles is 1. The Morgan fingerprint density at radius 1 is 1.44 bits per heavy atom. The number of nitrogens with zero attached hydrogens (tertiary/aromatic N) is 3. The molecule has 0 bridgehead atoms. The summed E-state index contributed by atoms with van der Waals surface area (Å²) in [5, 5.41) is 22.6. The molecule has 1 rings (SSSR count). The van der Waals surface area contributed by atoms with Crippen LogP contribution in [0, 0.1) is 22.7 Å². The number of halogens is 3. The van der Waals surface area contributed by atoms with E-state index in [1.165, 1.54) is 24.0 Å². The molecule has 6 nitrogen and oxygen atoms in total. The third-order valence-corrected chi connectivity index (χ3v) is 3.89. The van der Waals surface area contributed by atoms with Gasteiger partial charge in [0.1, 0.15) is 6.07 Å². The van der Waals surface area contributed by atoms with Gasteiger partial charge in [-0.05, 0) is 25.3 Å². The molecule has 1 amide bonds. The smallest absolute Gasteiger partial charge is 0.325 e. The van der Waals surface area contributed by atoms with Gasteiger partial charge < -0.3 is 10.7 Å². The molecule has 0 radical (unpaired) electrons. The number of carbonyl (C=O) groups excluding carboxylic acids is 1. The van der Waals surface area contributed by atoms with Crippen LogP contribution >= 0.6 is 0 Å². The highest BCUT2D eigenvalue weighted by Gasteiger charge is 2.27. The van der Waals surface area contributed by atoms with E-state index in [1.54, 1.807) is 6.92 Å². The van der Waals surface area contributed by atoms with Gasteiger partial charge in [0.15, 0.2) is 0 Å². The molecule has 1 aromatic rings. The minimum absolute atomic E-state index is 0.0316. The van der Waals surface area contributed by atoms with Crippen molar-refractivity contribution in [1.82, 2.24) is 15.1 Å². The van der Waals surface area contributed by atoms with E-state index in [4.69, 9.17) is 10.7 Å². The Bertz CT molecular complexity index is 810. The molecule has 2 N–H and O–H groups in total. The van der Waals surface area contributed by atoms with Crippen LogP contribution < -0.4 is 5.32 Å². The molecule has 0 fully saturated rings. The Kier molecular flexibility index (Phi) is 7.52. The number of nitrogens with one attached hydrogen (secondary N) is 2. The van der Waals surface area contributed by atoms with E-state index in [0.717, 1.165) is 6.21 Å². The molecular formula is C18H22F3N5O. The van der Waals surface area contributed by atoms with E-state index in [-0.39, 0.29) is 23.7 Å². The largest absolute Gasteiger partial charge is 0.390 e. The van der Waals surface area contributed by atoms with Crippen LogP contribution in [0.4, 0.5) is 13.2 Å². The lowest BCUT2D eigenvalue weighted by Gasteiger charge is -2.16. The van der Waals surface area contributed by atoms with E-state index < -0.39 is 18.5 Å². The Morgan fingerprint density at radius 2 is 2.07 bits per heavy atom. The molecule has 146 valence electrons. The zero-order chi connectivity index (χ0) is 20.8. The highest BCUT2D eigenvalue weighted by atomic mass is 19.4. The van der Waals surface area contributed by atoms with Crippen LogP contribution in [-0.4, -0.2) is 28.1 Å². The number of hydrogen-bond acceptors (Lipinski definition) is 4. The van der Waals surface area contributed by atoms with Gasteiger partial charge in [-0.1, -0.05) is 13.8 Å². The molecule has 0 saturated heterocycles. The first-order valence-corrected chi connectivity index (χ1v) is 8.23. The van der Waals surface area contributed by atoms with E-state index in [9.17, 15) is 18.0 Å². The molecule has 0 unspecified atom stereocenters. The SMILES string of the molecule is C/C(NC(=O)/C(=C(\C)c1cnn(CCC(F)(F)F)c1)C(C)C)=C(\C#N)C=N. The number of allylic oxidation sites excluding steroid dienone is 3. The molecule has 0 aliphatic heterocycles. The van der Waals surface area contributed by atoms with Crippen molar-refractivity contribution < 1.29 is 18.0 Å². The van der Waals surface area contributed by atoms with Gasteiger partial charge in [0.05, 0.1) is 18.2 Å². The van der Waals surface area contributed by atoms with Crippen LogP contribution in [0.5, 0.6) is 0 Å². The van der Waals surface area contributed by atoms with Gasteiger partial charge in [0, 0.05) is 35.8 Å². The van der Waals surface area contributed by atoms with Crippen molar-refractivity contribution in [3.05, 3.63) is 34.8 Å². The predicted molar refractivity (Wildman–Crippen MR) is 95.6 cm³/mol. The Balaban J connectivity index is 3.14. The first-order chi connectivity index (χ1) is 12.5. The third-order valence-electron chi connectivity index (χ3n) is 3.89. The number of rotatable bonds is 7. The van der Waals surface area contributed by atoms with Crippen LogP contribution in [-0.2, 0) is 11.3 Å². The number of aryl methyl sites for hydroxylation is 1. The second-order valence-corrected chi connectivity index (χ2v) is 6.30. The Labute approximate surface area is 155 Å². The van der Waals surface area contributed by atoms with Gasteiger partial charge in [-0.3, -0.25) is 9.48 Å². The maximum atomic E-state index is 12.6. The number of alkyl halides is 3. The van der Waals surface area contributed by atoms with Crippen LogP contribution in [0.15, 0.2) is 29.2 Å². The normalized spacial score (nSPS) is 13.6. The maximum absolute atomic E-state index is 12.6. The van der Waals surface area contributed by atoms with Crippen molar-refractivity contribution in [2.75, 3.05) is 0 Å². The summed E-state index contributed by atoms with van der Waals surface area (Å²) < 4.78 is 38.2. The summed E-state index contributed by atoms with van der Waals surface area (Å²) in [5.74, 6) is -0.612. The molecular weight excluding hydrogens is 359 g/mol. The summed E-state index contributed by atoms with van der Waals surface area (Å²) >= 11 is 0. The third kappa shape index (κ3) is 6.40. The van der Waals surface area contributed by atoms with Crippen molar-refractivity contribution in [2.24, 2.45) is 5.92 Å². The fourth-order valence-corrected chi connectivity index (χ4v) is 2.47. The van der Waals surface area contributed by atoms with Gasteiger partial charge >= 0.3 is 6.18 Å². The zero-order valence-electron chi connectivity index (χ0n) is 15.6. The molecule has 1 aromatic heterocycles. The molecule has 0 spiro atoms. The van der Waals surface area contributed by atoms with E-state index in [0.29, 0.717) is 16.7 Å². The zero-order valence-corrected chi connectivity index (χ0v) is 15.6. The number of hydrogen-bond donors (Lipinski definition) is 2. The van der Waals surface area contributed by atoms with E-state index >= 15 is 0 Å². The number of amides is 1. The fraction of sp³-hybridized carbons (Fsp3) is 0.444. The van der Waals surface area contributed by atoms with Gasteiger partial charge in [-0.25, -0.2) is 0 Å². The standard InChI is InChI=1S/C18H22F3N5O/c1-11(2)16(17(27)25-13(4)14(7-22)8-23)12(3)15-9-24-26(10-15)6-5-18(19,20)21/h7,9-11,22H,5-6H2,1-4H3,(H,25,27)/b14-13+,16-12+,22-7?. The summed E-state index contributed by atoms with van der Waals surface area (Å²) in [4.78, 5) is 12.6. The van der Waals surface area contributed by atoms with Crippen molar-refractivity contribution in [1.29, 1.82) is 10.7 Å². The van der Waals surface area contributed by atoms with Crippen LogP contribution in [0.3, 0.4) is 0 Å². The average molecular weight is 381 g/mol. The average Bonchev–Trinajstić information content (AvgIpc) is 3.02. The van der Waals surface area contributed by atoms with Crippen LogP contribution in [0.1, 0.15) is 39.7 Å².